The summed E-state index contributed by atoms with van der Waals surface area (Å²) in [5.41, 5.74) is 3.57. The number of nitrogens with zero attached hydrogens (tertiary/aromatic N) is 2. The predicted octanol–water partition coefficient (Wildman–Crippen LogP) is 4.43. The van der Waals surface area contributed by atoms with Gasteiger partial charge in [-0.3, -0.25) is 4.98 Å². The lowest BCUT2D eigenvalue weighted by atomic mass is 9.78. The van der Waals surface area contributed by atoms with Crippen LogP contribution in [-0.2, 0) is 4.74 Å². The lowest BCUT2D eigenvalue weighted by Gasteiger charge is -2.54. The van der Waals surface area contributed by atoms with Crippen molar-refractivity contribution in [3.8, 4) is 11.3 Å². The van der Waals surface area contributed by atoms with Gasteiger partial charge in [0.2, 0.25) is 0 Å². The molecule has 2 amide bonds. The number of carbonyl (C=O) groups is 1. The molecule has 2 atom stereocenters. The third-order valence-corrected chi connectivity index (χ3v) is 5.36. The highest BCUT2D eigenvalue weighted by Gasteiger charge is 2.48. The van der Waals surface area contributed by atoms with Crippen LogP contribution in [0.3, 0.4) is 0 Å². The van der Waals surface area contributed by atoms with Crippen LogP contribution in [0.5, 0.6) is 0 Å². The maximum absolute atomic E-state index is 12.7. The summed E-state index contributed by atoms with van der Waals surface area (Å²) >= 11 is 0. The summed E-state index contributed by atoms with van der Waals surface area (Å²) in [4.78, 5) is 18.8. The number of rotatable bonds is 4. The maximum Gasteiger partial charge on any atom is 0.345 e. The van der Waals surface area contributed by atoms with E-state index in [2.05, 4.69) is 15.0 Å². The van der Waals surface area contributed by atoms with E-state index in [1.807, 2.05) is 43.3 Å². The van der Waals surface area contributed by atoms with Crippen LogP contribution >= 0.6 is 0 Å². The van der Waals surface area contributed by atoms with Gasteiger partial charge in [0, 0.05) is 29.5 Å². The van der Waals surface area contributed by atoms with Crippen molar-refractivity contribution in [2.75, 3.05) is 5.32 Å². The summed E-state index contributed by atoms with van der Waals surface area (Å²) in [7, 11) is 0. The average Bonchev–Trinajstić information content (AvgIpc) is 2.63. The summed E-state index contributed by atoms with van der Waals surface area (Å²) in [5.74, 6) is 0. The Morgan fingerprint density at radius 2 is 2.00 bits per heavy atom. The fourth-order valence-corrected chi connectivity index (χ4v) is 4.10. The van der Waals surface area contributed by atoms with Gasteiger partial charge in [-0.1, -0.05) is 12.1 Å². The van der Waals surface area contributed by atoms with E-state index in [0.717, 1.165) is 23.2 Å². The molecule has 2 bridgehead atoms. The topological polar surface area (TPSA) is 54.5 Å². The minimum atomic E-state index is -2.76. The van der Waals surface area contributed by atoms with Crippen LogP contribution in [0.25, 0.3) is 11.3 Å². The van der Waals surface area contributed by atoms with Gasteiger partial charge in [0.05, 0.1) is 11.8 Å². The first-order valence-electron chi connectivity index (χ1n) is 9.06. The number of aromatic nitrogens is 1. The van der Waals surface area contributed by atoms with Gasteiger partial charge >= 0.3 is 12.6 Å². The fourth-order valence-electron chi connectivity index (χ4n) is 4.10. The van der Waals surface area contributed by atoms with Gasteiger partial charge in [0.1, 0.15) is 0 Å². The number of alkyl halides is 2. The Balaban J connectivity index is 1.44. The molecule has 142 valence electrons. The van der Waals surface area contributed by atoms with Crippen molar-refractivity contribution >= 4 is 11.7 Å². The first kappa shape index (κ1) is 17.9. The number of halogens is 2. The number of amides is 2. The van der Waals surface area contributed by atoms with Crippen LogP contribution in [0.4, 0.5) is 19.3 Å². The number of urea groups is 1. The van der Waals surface area contributed by atoms with Crippen molar-refractivity contribution in [1.29, 1.82) is 0 Å². The van der Waals surface area contributed by atoms with Crippen LogP contribution in [0.2, 0.25) is 0 Å². The number of carbonyl (C=O) groups excluding carboxylic acids is 1. The summed E-state index contributed by atoms with van der Waals surface area (Å²) in [6, 6.07) is 11.2. The van der Waals surface area contributed by atoms with E-state index >= 15 is 0 Å². The maximum atomic E-state index is 12.7. The molecule has 0 saturated carbocycles. The van der Waals surface area contributed by atoms with Crippen LogP contribution in [0, 0.1) is 6.92 Å². The van der Waals surface area contributed by atoms with Gasteiger partial charge in [0.15, 0.2) is 0 Å². The van der Waals surface area contributed by atoms with Gasteiger partial charge in [-0.05, 0) is 56.0 Å². The SMILES string of the molecule is Cc1ccc(NC(=O)N2C3CC(OC(F)F)CC2C3)cc1-c1ccccn1. The molecule has 1 N–H and O–H groups in total. The molecule has 5 nitrogen and oxygen atoms in total. The Kier molecular flexibility index (Phi) is 4.78. The van der Waals surface area contributed by atoms with Crippen LogP contribution in [0.1, 0.15) is 24.8 Å². The fraction of sp³-hybridized carbons (Fsp3) is 0.400. The van der Waals surface area contributed by atoms with Crippen molar-refractivity contribution in [1.82, 2.24) is 9.88 Å². The van der Waals surface area contributed by atoms with E-state index in [4.69, 9.17) is 0 Å². The third-order valence-electron chi connectivity index (χ3n) is 5.36. The van der Waals surface area contributed by atoms with Gasteiger partial charge in [-0.2, -0.15) is 8.78 Å². The molecule has 4 rings (SSSR count). The first-order valence-corrected chi connectivity index (χ1v) is 9.06. The predicted molar refractivity (Wildman–Crippen MR) is 97.6 cm³/mol. The van der Waals surface area contributed by atoms with Gasteiger partial charge in [-0.15, -0.1) is 0 Å². The Morgan fingerprint density at radius 1 is 1.22 bits per heavy atom. The third kappa shape index (κ3) is 3.64. The number of benzene rings is 1. The van der Waals surface area contributed by atoms with Crippen molar-refractivity contribution in [2.24, 2.45) is 0 Å². The monoisotopic (exact) mass is 373 g/mol. The molecular formula is C20H21F2N3O2. The van der Waals surface area contributed by atoms with Crippen LogP contribution in [-0.4, -0.2) is 40.7 Å². The van der Waals surface area contributed by atoms with Crippen molar-refractivity contribution in [2.45, 2.75) is 51.0 Å². The number of ether oxygens (including phenoxy) is 1. The van der Waals surface area contributed by atoms with E-state index in [-0.39, 0.29) is 18.1 Å². The van der Waals surface area contributed by atoms with Gasteiger partial charge < -0.3 is 15.0 Å². The molecule has 1 aromatic heterocycles. The quantitative estimate of drug-likeness (QED) is 0.862. The number of piperidine rings is 1. The molecule has 3 heterocycles. The smallest absolute Gasteiger partial charge is 0.319 e. The Morgan fingerprint density at radius 3 is 2.67 bits per heavy atom. The standard InChI is InChI=1S/C20H21F2N3O2/c1-12-5-6-13(8-17(12)18-4-2-3-7-23-18)24-20(26)25-14-9-15(25)11-16(10-14)27-19(21)22/h2-8,14-16,19H,9-11H2,1H3,(H,24,26). The number of nitrogens with one attached hydrogen (secondary N) is 1. The van der Waals surface area contributed by atoms with Crippen molar-refractivity contribution < 1.29 is 18.3 Å². The molecule has 0 spiro atoms. The van der Waals surface area contributed by atoms with E-state index in [0.29, 0.717) is 18.5 Å². The largest absolute Gasteiger partial charge is 0.345 e. The minimum Gasteiger partial charge on any atom is -0.319 e. The second-order valence-corrected chi connectivity index (χ2v) is 7.12. The lowest BCUT2D eigenvalue weighted by molar-refractivity contribution is -0.193. The summed E-state index contributed by atoms with van der Waals surface area (Å²) < 4.78 is 29.4. The first-order chi connectivity index (χ1) is 13.0. The number of hydrogen-bond acceptors (Lipinski definition) is 3. The van der Waals surface area contributed by atoms with E-state index in [9.17, 15) is 13.6 Å². The minimum absolute atomic E-state index is 0.0341. The molecular weight excluding hydrogens is 352 g/mol. The summed E-state index contributed by atoms with van der Waals surface area (Å²) in [6.45, 7) is -0.758. The number of aryl methyl sites for hydroxylation is 1. The zero-order chi connectivity index (χ0) is 19.0. The molecule has 2 saturated heterocycles. The highest BCUT2D eigenvalue weighted by molar-refractivity contribution is 5.91. The van der Waals surface area contributed by atoms with Gasteiger partial charge in [-0.25, -0.2) is 4.79 Å². The highest BCUT2D eigenvalue weighted by atomic mass is 19.3. The Hall–Kier alpha value is -2.54. The molecule has 2 aliphatic heterocycles. The number of hydrogen-bond donors (Lipinski definition) is 1. The lowest BCUT2D eigenvalue weighted by Crippen LogP contribution is -2.65. The van der Waals surface area contributed by atoms with Gasteiger partial charge in [0.25, 0.3) is 0 Å². The normalized spacial score (nSPS) is 23.9. The molecule has 2 aliphatic rings. The zero-order valence-electron chi connectivity index (χ0n) is 14.9. The molecule has 1 aromatic carbocycles. The summed E-state index contributed by atoms with van der Waals surface area (Å²) in [6.07, 6.45) is 3.04. The molecule has 0 radical (unpaired) electrons. The van der Waals surface area contributed by atoms with Crippen LogP contribution in [0.15, 0.2) is 42.6 Å². The molecule has 2 aromatic rings. The van der Waals surface area contributed by atoms with Crippen molar-refractivity contribution in [3.05, 3.63) is 48.2 Å². The van der Waals surface area contributed by atoms with E-state index < -0.39 is 12.7 Å². The zero-order valence-corrected chi connectivity index (χ0v) is 14.9. The second-order valence-electron chi connectivity index (χ2n) is 7.12. The molecule has 7 heteroatoms. The van der Waals surface area contributed by atoms with Crippen LogP contribution < -0.4 is 5.32 Å². The number of anilines is 1. The molecule has 27 heavy (non-hydrogen) atoms. The van der Waals surface area contributed by atoms with E-state index in [1.165, 1.54) is 0 Å². The highest BCUT2D eigenvalue weighted by Crippen LogP contribution is 2.40. The van der Waals surface area contributed by atoms with Crippen molar-refractivity contribution in [3.63, 3.8) is 0 Å². The Bertz CT molecular complexity index is 819. The number of fused-ring (bicyclic) bond motifs is 2. The summed E-state index contributed by atoms with van der Waals surface area (Å²) in [5, 5.41) is 2.94. The number of pyridine rings is 1. The van der Waals surface area contributed by atoms with E-state index in [1.54, 1.807) is 11.1 Å². The molecule has 2 fully saturated rings. The Labute approximate surface area is 156 Å². The average molecular weight is 373 g/mol. The molecule has 2 unspecified atom stereocenters. The molecule has 0 aliphatic carbocycles. The second kappa shape index (κ2) is 7.23.